The first-order valence-electron chi connectivity index (χ1n) is 10.9. The summed E-state index contributed by atoms with van der Waals surface area (Å²) < 4.78 is 0. The third kappa shape index (κ3) is 7.15. The molecular weight excluding hydrogens is 416 g/mol. The maximum absolute atomic E-state index is 12.6. The Bertz CT molecular complexity index is 1080. The highest BCUT2D eigenvalue weighted by Crippen LogP contribution is 2.18. The summed E-state index contributed by atoms with van der Waals surface area (Å²) in [6.45, 7) is 2.66. The number of amides is 2. The molecule has 0 saturated heterocycles. The van der Waals surface area contributed by atoms with E-state index in [1.165, 1.54) is 10.5 Å². The van der Waals surface area contributed by atoms with Gasteiger partial charge >= 0.3 is 0 Å². The Kier molecular flexibility index (Phi) is 8.16. The number of aryl methyl sites for hydroxylation is 1. The second-order valence-corrected chi connectivity index (χ2v) is 8.27. The number of anilines is 1. The van der Waals surface area contributed by atoms with Crippen molar-refractivity contribution in [1.29, 1.82) is 0 Å². The van der Waals surface area contributed by atoms with Gasteiger partial charge in [-0.1, -0.05) is 18.2 Å². The number of aromatic hydroxyl groups is 1. The van der Waals surface area contributed by atoms with Crippen LogP contribution in [0.3, 0.4) is 0 Å². The van der Waals surface area contributed by atoms with Crippen LogP contribution < -0.4 is 10.6 Å². The molecule has 3 rings (SSSR count). The van der Waals surface area contributed by atoms with Gasteiger partial charge < -0.3 is 20.6 Å². The van der Waals surface area contributed by atoms with Crippen LogP contribution >= 0.6 is 0 Å². The van der Waals surface area contributed by atoms with Crippen molar-refractivity contribution < 1.29 is 14.7 Å². The van der Waals surface area contributed by atoms with E-state index in [2.05, 4.69) is 22.5 Å². The molecule has 0 bridgehead atoms. The number of carbonyl (C=O) groups excluding carboxylic acids is 2. The van der Waals surface area contributed by atoms with Crippen LogP contribution in [-0.4, -0.2) is 46.9 Å². The van der Waals surface area contributed by atoms with E-state index in [0.717, 1.165) is 18.4 Å². The quantitative estimate of drug-likeness (QED) is 0.464. The van der Waals surface area contributed by atoms with E-state index in [4.69, 9.17) is 0 Å². The molecule has 0 saturated carbocycles. The number of nitrogens with one attached hydrogen (secondary N) is 2. The second kappa shape index (κ2) is 11.2. The average molecular weight is 447 g/mol. The van der Waals surface area contributed by atoms with Gasteiger partial charge in [-0.05, 0) is 73.4 Å². The minimum Gasteiger partial charge on any atom is -0.508 e. The van der Waals surface area contributed by atoms with E-state index in [9.17, 15) is 14.7 Å². The van der Waals surface area contributed by atoms with Crippen LogP contribution in [0.2, 0.25) is 0 Å². The van der Waals surface area contributed by atoms with Crippen LogP contribution in [0, 0.1) is 0 Å². The van der Waals surface area contributed by atoms with Gasteiger partial charge in [-0.25, -0.2) is 0 Å². The third-order valence-electron chi connectivity index (χ3n) is 5.26. The van der Waals surface area contributed by atoms with E-state index in [0.29, 0.717) is 23.5 Å². The summed E-state index contributed by atoms with van der Waals surface area (Å²) in [5.74, 6) is -0.195. The first-order valence-corrected chi connectivity index (χ1v) is 10.9. The first-order chi connectivity index (χ1) is 15.8. The van der Waals surface area contributed by atoms with Gasteiger partial charge in [-0.3, -0.25) is 14.6 Å². The Morgan fingerprint density at radius 3 is 2.45 bits per heavy atom. The van der Waals surface area contributed by atoms with E-state index >= 15 is 0 Å². The smallest absolute Gasteiger partial charge is 0.274 e. The summed E-state index contributed by atoms with van der Waals surface area (Å²) in [7, 11) is 3.40. The fourth-order valence-corrected chi connectivity index (χ4v) is 3.38. The molecule has 3 N–H and O–H groups in total. The molecule has 0 radical (unpaired) electrons. The van der Waals surface area contributed by atoms with Crippen LogP contribution in [0.25, 0.3) is 0 Å². The van der Waals surface area contributed by atoms with Crippen molar-refractivity contribution in [3.63, 3.8) is 0 Å². The van der Waals surface area contributed by atoms with E-state index in [1.807, 2.05) is 24.3 Å². The Labute approximate surface area is 194 Å². The molecule has 172 valence electrons. The molecule has 1 aromatic heterocycles. The number of aromatic nitrogens is 1. The van der Waals surface area contributed by atoms with Crippen LogP contribution in [0.15, 0.2) is 66.9 Å². The Balaban J connectivity index is 1.68. The van der Waals surface area contributed by atoms with Gasteiger partial charge in [0, 0.05) is 44.1 Å². The van der Waals surface area contributed by atoms with Gasteiger partial charge in [0.15, 0.2) is 0 Å². The Hall–Kier alpha value is -3.71. The van der Waals surface area contributed by atoms with Gasteiger partial charge in [0.2, 0.25) is 0 Å². The van der Waals surface area contributed by atoms with E-state index in [-0.39, 0.29) is 23.6 Å². The second-order valence-electron chi connectivity index (χ2n) is 8.27. The van der Waals surface area contributed by atoms with Crippen LogP contribution in [0.4, 0.5) is 5.69 Å². The van der Waals surface area contributed by atoms with Crippen molar-refractivity contribution in [2.24, 2.45) is 0 Å². The van der Waals surface area contributed by atoms with Crippen LogP contribution in [0.1, 0.15) is 45.3 Å². The molecule has 33 heavy (non-hydrogen) atoms. The van der Waals surface area contributed by atoms with Crippen molar-refractivity contribution in [2.75, 3.05) is 19.4 Å². The number of nitrogens with zero attached hydrogens (tertiary/aromatic N) is 2. The summed E-state index contributed by atoms with van der Waals surface area (Å²) >= 11 is 0. The fraction of sp³-hybridized carbons (Fsp3) is 0.269. The number of benzene rings is 2. The summed E-state index contributed by atoms with van der Waals surface area (Å²) in [4.78, 5) is 30.7. The lowest BCUT2D eigenvalue weighted by Crippen LogP contribution is -2.27. The molecule has 3 aromatic rings. The number of carbonyl (C=O) groups is 2. The molecular formula is C26H30N4O3. The molecule has 1 atom stereocenters. The van der Waals surface area contributed by atoms with Gasteiger partial charge in [0.25, 0.3) is 11.8 Å². The van der Waals surface area contributed by atoms with Gasteiger partial charge in [0.1, 0.15) is 11.4 Å². The lowest BCUT2D eigenvalue weighted by molar-refractivity contribution is 0.0827. The SMILES string of the molecule is CC(CCc1ccc(O)cc1)NCc1cc(NC(=O)c2ccccn2)cc(C(=O)N(C)C)c1. The number of rotatable bonds is 9. The number of hydrogen-bond acceptors (Lipinski definition) is 5. The topological polar surface area (TPSA) is 94.6 Å². The molecule has 0 fully saturated rings. The van der Waals surface area contributed by atoms with Crippen molar-refractivity contribution >= 4 is 17.5 Å². The first kappa shape index (κ1) is 23.9. The summed E-state index contributed by atoms with van der Waals surface area (Å²) in [6, 6.07) is 18.0. The highest BCUT2D eigenvalue weighted by atomic mass is 16.3. The van der Waals surface area contributed by atoms with Crippen LogP contribution in [-0.2, 0) is 13.0 Å². The number of phenolic OH excluding ortho intramolecular Hbond substituents is 1. The predicted octanol–water partition coefficient (Wildman–Crippen LogP) is 3.85. The normalized spacial score (nSPS) is 11.6. The lowest BCUT2D eigenvalue weighted by Gasteiger charge is -2.17. The van der Waals surface area contributed by atoms with Gasteiger partial charge in [-0.2, -0.15) is 0 Å². The largest absolute Gasteiger partial charge is 0.508 e. The molecule has 2 amide bonds. The molecule has 7 heteroatoms. The standard InChI is InChI=1S/C26H30N4O3/c1-18(7-8-19-9-11-23(31)12-10-19)28-17-20-14-21(26(33)30(2)3)16-22(15-20)29-25(32)24-6-4-5-13-27-24/h4-6,9-16,18,28,31H,7-8,17H2,1-3H3,(H,29,32). The van der Waals surface area contributed by atoms with E-state index < -0.39 is 0 Å². The monoisotopic (exact) mass is 446 g/mol. The van der Waals surface area contributed by atoms with Gasteiger partial charge in [-0.15, -0.1) is 0 Å². The summed E-state index contributed by atoms with van der Waals surface area (Å²) in [5.41, 5.74) is 3.43. The van der Waals surface area contributed by atoms with Crippen LogP contribution in [0.5, 0.6) is 5.75 Å². The Morgan fingerprint density at radius 2 is 1.79 bits per heavy atom. The molecule has 0 aliphatic rings. The van der Waals surface area contributed by atoms with E-state index in [1.54, 1.807) is 56.7 Å². The van der Waals surface area contributed by atoms with Gasteiger partial charge in [0.05, 0.1) is 0 Å². The van der Waals surface area contributed by atoms with Crippen molar-refractivity contribution in [3.8, 4) is 5.75 Å². The summed E-state index contributed by atoms with van der Waals surface area (Å²) in [6.07, 6.45) is 3.37. The molecule has 0 spiro atoms. The fourth-order valence-electron chi connectivity index (χ4n) is 3.38. The minimum absolute atomic E-state index is 0.134. The molecule has 2 aromatic carbocycles. The molecule has 1 heterocycles. The maximum Gasteiger partial charge on any atom is 0.274 e. The summed E-state index contributed by atoms with van der Waals surface area (Å²) in [5, 5.41) is 15.8. The Morgan fingerprint density at radius 1 is 1.03 bits per heavy atom. The molecule has 0 aliphatic heterocycles. The minimum atomic E-state index is -0.328. The lowest BCUT2D eigenvalue weighted by atomic mass is 10.0. The molecule has 1 unspecified atom stereocenters. The average Bonchev–Trinajstić information content (AvgIpc) is 2.82. The predicted molar refractivity (Wildman–Crippen MR) is 129 cm³/mol. The number of phenols is 1. The highest BCUT2D eigenvalue weighted by molar-refractivity contribution is 6.04. The zero-order chi connectivity index (χ0) is 23.8. The maximum atomic E-state index is 12.6. The van der Waals surface area contributed by atoms with Crippen molar-refractivity contribution in [3.05, 3.63) is 89.2 Å². The molecule has 0 aliphatic carbocycles. The highest BCUT2D eigenvalue weighted by Gasteiger charge is 2.14. The third-order valence-corrected chi connectivity index (χ3v) is 5.26. The zero-order valence-electron chi connectivity index (χ0n) is 19.2. The number of pyridine rings is 1. The molecule has 7 nitrogen and oxygen atoms in total. The number of hydrogen-bond donors (Lipinski definition) is 3. The zero-order valence-corrected chi connectivity index (χ0v) is 19.2. The van der Waals surface area contributed by atoms with Crippen molar-refractivity contribution in [2.45, 2.75) is 32.4 Å². The van der Waals surface area contributed by atoms with Crippen molar-refractivity contribution in [1.82, 2.24) is 15.2 Å².